The summed E-state index contributed by atoms with van der Waals surface area (Å²) in [6.45, 7) is 10.7. The van der Waals surface area contributed by atoms with Crippen LogP contribution in [0.5, 0.6) is 0 Å². The Kier molecular flexibility index (Phi) is 6.81. The molecule has 0 aromatic carbocycles. The first-order chi connectivity index (χ1) is 11.3. The van der Waals surface area contributed by atoms with Gasteiger partial charge >= 0.3 is 0 Å². The van der Waals surface area contributed by atoms with Gasteiger partial charge in [0.2, 0.25) is 5.91 Å². The lowest BCUT2D eigenvalue weighted by atomic mass is 9.90. The van der Waals surface area contributed by atoms with E-state index in [1.165, 1.54) is 8.66 Å². The topological polar surface area (TPSA) is 59.4 Å². The first-order valence-electron chi connectivity index (χ1n) is 8.23. The van der Waals surface area contributed by atoms with E-state index in [1.54, 1.807) is 18.3 Å². The van der Waals surface area contributed by atoms with E-state index < -0.39 is 5.54 Å². The minimum Gasteiger partial charge on any atom is -0.337 e. The fourth-order valence-electron chi connectivity index (χ4n) is 2.60. The van der Waals surface area contributed by atoms with E-state index in [0.717, 1.165) is 32.7 Å². The highest BCUT2D eigenvalue weighted by Gasteiger charge is 2.30. The number of carbonyl (C=O) groups excluding carboxylic acids is 1. The van der Waals surface area contributed by atoms with Crippen LogP contribution in [0.3, 0.4) is 0 Å². The second-order valence-electron chi connectivity index (χ2n) is 6.78. The van der Waals surface area contributed by atoms with Crippen LogP contribution in [0.4, 0.5) is 0 Å². The molecule has 0 spiro atoms. The first-order valence-corrected chi connectivity index (χ1v) is 9.84. The second-order valence-corrected chi connectivity index (χ2v) is 9.32. The number of halogens is 1. The van der Waals surface area contributed by atoms with Crippen LogP contribution in [0.15, 0.2) is 15.9 Å². The molecule has 24 heavy (non-hydrogen) atoms. The molecule has 1 aromatic heterocycles. The Morgan fingerprint density at radius 2 is 2.00 bits per heavy atom. The third kappa shape index (κ3) is 5.28. The van der Waals surface area contributed by atoms with Gasteiger partial charge in [0.15, 0.2) is 0 Å². The standard InChI is InChI=1S/C17H25BrN4OS/c1-13(2)17(3,12-19)20-16(23)11-22-8-6-21(7-9-22)10-14-4-5-15(18)24-14/h4-5,13H,6-11H2,1-3H3,(H,20,23)/t17-/m0/s1. The zero-order chi connectivity index (χ0) is 17.7. The Hall–Kier alpha value is -0.940. The zero-order valence-corrected chi connectivity index (χ0v) is 16.9. The molecule has 0 saturated carbocycles. The van der Waals surface area contributed by atoms with Crippen LogP contribution in [0.2, 0.25) is 0 Å². The summed E-state index contributed by atoms with van der Waals surface area (Å²) in [6.07, 6.45) is 0. The van der Waals surface area contributed by atoms with Crippen molar-refractivity contribution in [2.75, 3.05) is 32.7 Å². The van der Waals surface area contributed by atoms with Crippen molar-refractivity contribution in [2.24, 2.45) is 5.92 Å². The number of amides is 1. The molecule has 0 unspecified atom stereocenters. The summed E-state index contributed by atoms with van der Waals surface area (Å²) in [4.78, 5) is 18.2. The molecular formula is C17H25BrN4OS. The SMILES string of the molecule is CC(C)[C@](C)(C#N)NC(=O)CN1CCN(Cc2ccc(Br)s2)CC1. The van der Waals surface area contributed by atoms with Gasteiger partial charge in [-0.15, -0.1) is 11.3 Å². The number of hydrogen-bond donors (Lipinski definition) is 1. The number of piperazine rings is 1. The average molecular weight is 413 g/mol. The van der Waals surface area contributed by atoms with Crippen molar-refractivity contribution in [3.8, 4) is 6.07 Å². The van der Waals surface area contributed by atoms with Crippen LogP contribution in [0.25, 0.3) is 0 Å². The van der Waals surface area contributed by atoms with Gasteiger partial charge < -0.3 is 5.32 Å². The molecule has 1 N–H and O–H groups in total. The van der Waals surface area contributed by atoms with Gasteiger partial charge in [-0.3, -0.25) is 14.6 Å². The quantitative estimate of drug-likeness (QED) is 0.779. The van der Waals surface area contributed by atoms with Crippen molar-refractivity contribution in [1.82, 2.24) is 15.1 Å². The molecule has 1 atom stereocenters. The Morgan fingerprint density at radius 1 is 1.38 bits per heavy atom. The van der Waals surface area contributed by atoms with Crippen molar-refractivity contribution in [3.63, 3.8) is 0 Å². The fraction of sp³-hybridized carbons (Fsp3) is 0.647. The normalized spacial score (nSPS) is 19.0. The summed E-state index contributed by atoms with van der Waals surface area (Å²) in [7, 11) is 0. The molecule has 0 aliphatic carbocycles. The number of nitriles is 1. The number of hydrogen-bond acceptors (Lipinski definition) is 5. The summed E-state index contributed by atoms with van der Waals surface area (Å²) in [5, 5.41) is 12.2. The molecule has 1 aromatic rings. The van der Waals surface area contributed by atoms with E-state index >= 15 is 0 Å². The number of nitrogens with zero attached hydrogens (tertiary/aromatic N) is 3. The molecule has 1 fully saturated rings. The summed E-state index contributed by atoms with van der Waals surface area (Å²) >= 11 is 5.27. The lowest BCUT2D eigenvalue weighted by Gasteiger charge is -2.35. The number of carbonyl (C=O) groups is 1. The summed E-state index contributed by atoms with van der Waals surface area (Å²) in [5.41, 5.74) is -0.800. The zero-order valence-electron chi connectivity index (χ0n) is 14.5. The molecular weight excluding hydrogens is 388 g/mol. The van der Waals surface area contributed by atoms with Crippen LogP contribution in [-0.2, 0) is 11.3 Å². The predicted molar refractivity (Wildman–Crippen MR) is 101 cm³/mol. The highest BCUT2D eigenvalue weighted by molar-refractivity contribution is 9.11. The highest BCUT2D eigenvalue weighted by atomic mass is 79.9. The Labute approximate surface area is 156 Å². The molecule has 5 nitrogen and oxygen atoms in total. The maximum absolute atomic E-state index is 12.2. The molecule has 1 aliphatic heterocycles. The summed E-state index contributed by atoms with van der Waals surface area (Å²) in [6, 6.07) is 6.46. The van der Waals surface area contributed by atoms with Crippen LogP contribution in [-0.4, -0.2) is 54.0 Å². The van der Waals surface area contributed by atoms with Gasteiger partial charge in [0.1, 0.15) is 5.54 Å². The average Bonchev–Trinajstić information content (AvgIpc) is 2.94. The van der Waals surface area contributed by atoms with Crippen LogP contribution in [0.1, 0.15) is 25.6 Å². The van der Waals surface area contributed by atoms with Gasteiger partial charge in [-0.1, -0.05) is 13.8 Å². The molecule has 132 valence electrons. The minimum atomic E-state index is -0.800. The molecule has 2 rings (SSSR count). The van der Waals surface area contributed by atoms with Gasteiger partial charge in [-0.2, -0.15) is 5.26 Å². The van der Waals surface area contributed by atoms with Gasteiger partial charge in [-0.05, 0) is 40.9 Å². The summed E-state index contributed by atoms with van der Waals surface area (Å²) in [5.74, 6) is 0.0109. The Balaban J connectivity index is 1.76. The van der Waals surface area contributed by atoms with Crippen molar-refractivity contribution in [2.45, 2.75) is 32.9 Å². The van der Waals surface area contributed by atoms with Crippen LogP contribution in [0, 0.1) is 17.2 Å². The third-order valence-corrected chi connectivity index (χ3v) is 6.23. The molecule has 0 radical (unpaired) electrons. The fourth-order valence-corrected chi connectivity index (χ4v) is 4.12. The van der Waals surface area contributed by atoms with E-state index in [0.29, 0.717) is 6.54 Å². The van der Waals surface area contributed by atoms with E-state index in [4.69, 9.17) is 0 Å². The largest absolute Gasteiger partial charge is 0.337 e. The lowest BCUT2D eigenvalue weighted by Crippen LogP contribution is -2.54. The number of rotatable bonds is 6. The maximum Gasteiger partial charge on any atom is 0.235 e. The predicted octanol–water partition coefficient (Wildman–Crippen LogP) is 2.68. The molecule has 1 saturated heterocycles. The van der Waals surface area contributed by atoms with Crippen LogP contribution >= 0.6 is 27.3 Å². The van der Waals surface area contributed by atoms with Crippen molar-refractivity contribution in [3.05, 3.63) is 20.8 Å². The number of nitrogens with one attached hydrogen (secondary N) is 1. The lowest BCUT2D eigenvalue weighted by molar-refractivity contribution is -0.124. The minimum absolute atomic E-state index is 0.0663. The van der Waals surface area contributed by atoms with E-state index in [9.17, 15) is 10.1 Å². The smallest absolute Gasteiger partial charge is 0.235 e. The maximum atomic E-state index is 12.2. The van der Waals surface area contributed by atoms with Gasteiger partial charge in [0.05, 0.1) is 16.4 Å². The van der Waals surface area contributed by atoms with Crippen molar-refractivity contribution >= 4 is 33.2 Å². The van der Waals surface area contributed by atoms with Gasteiger partial charge in [0.25, 0.3) is 0 Å². The Morgan fingerprint density at radius 3 is 2.50 bits per heavy atom. The Bertz CT molecular complexity index is 604. The van der Waals surface area contributed by atoms with Gasteiger partial charge in [-0.25, -0.2) is 0 Å². The van der Waals surface area contributed by atoms with Crippen molar-refractivity contribution in [1.29, 1.82) is 5.26 Å². The third-order valence-electron chi connectivity index (χ3n) is 4.63. The second kappa shape index (κ2) is 8.43. The van der Waals surface area contributed by atoms with Crippen LogP contribution < -0.4 is 5.32 Å². The molecule has 1 amide bonds. The first kappa shape index (κ1) is 19.4. The van der Waals surface area contributed by atoms with E-state index in [2.05, 4.69) is 49.2 Å². The molecule has 2 heterocycles. The van der Waals surface area contributed by atoms with Crippen molar-refractivity contribution < 1.29 is 4.79 Å². The monoisotopic (exact) mass is 412 g/mol. The summed E-state index contributed by atoms with van der Waals surface area (Å²) < 4.78 is 1.17. The molecule has 0 bridgehead atoms. The molecule has 7 heteroatoms. The number of thiophene rings is 1. The van der Waals surface area contributed by atoms with E-state index in [-0.39, 0.29) is 11.8 Å². The van der Waals surface area contributed by atoms with Gasteiger partial charge in [0, 0.05) is 37.6 Å². The highest BCUT2D eigenvalue weighted by Crippen LogP contribution is 2.23. The molecule has 1 aliphatic rings. The van der Waals surface area contributed by atoms with E-state index in [1.807, 2.05) is 13.8 Å².